The van der Waals surface area contributed by atoms with Gasteiger partial charge in [0.1, 0.15) is 5.75 Å². The number of aromatic nitrogens is 3. The molecule has 0 saturated heterocycles. The number of thioether (sulfide) groups is 1. The minimum Gasteiger partial charge on any atom is -0.494 e. The van der Waals surface area contributed by atoms with Crippen LogP contribution in [0.15, 0.2) is 83.3 Å². The second kappa shape index (κ2) is 9.58. The Balaban J connectivity index is 1.59. The van der Waals surface area contributed by atoms with Gasteiger partial charge in [0.05, 0.1) is 17.2 Å². The van der Waals surface area contributed by atoms with Crippen molar-refractivity contribution in [2.45, 2.75) is 12.1 Å². The Labute approximate surface area is 178 Å². The summed E-state index contributed by atoms with van der Waals surface area (Å²) in [6.07, 6.45) is 4.28. The molecule has 146 valence electrons. The fourth-order valence-corrected chi connectivity index (χ4v) is 4.35. The maximum Gasteiger partial charge on any atom is 0.196 e. The van der Waals surface area contributed by atoms with Crippen molar-refractivity contribution >= 4 is 29.2 Å². The first-order valence-corrected chi connectivity index (χ1v) is 11.3. The Hall–Kier alpha value is -2.83. The average molecular weight is 420 g/mol. The van der Waals surface area contributed by atoms with Gasteiger partial charge in [-0.05, 0) is 48.2 Å². The Morgan fingerprint density at radius 1 is 1.00 bits per heavy atom. The average Bonchev–Trinajstić information content (AvgIpc) is 3.43. The van der Waals surface area contributed by atoms with Gasteiger partial charge in [0.25, 0.3) is 0 Å². The van der Waals surface area contributed by atoms with Crippen LogP contribution >= 0.6 is 23.1 Å². The van der Waals surface area contributed by atoms with Crippen LogP contribution in [0.3, 0.4) is 0 Å². The molecular formula is C23H21N3OS2. The van der Waals surface area contributed by atoms with Crippen LogP contribution in [0.2, 0.25) is 0 Å². The smallest absolute Gasteiger partial charge is 0.196 e. The zero-order chi connectivity index (χ0) is 19.9. The van der Waals surface area contributed by atoms with E-state index in [1.807, 2.05) is 43.3 Å². The maximum atomic E-state index is 5.58. The summed E-state index contributed by atoms with van der Waals surface area (Å²) in [6.45, 7) is 2.64. The first-order valence-electron chi connectivity index (χ1n) is 9.42. The summed E-state index contributed by atoms with van der Waals surface area (Å²) in [4.78, 5) is 1.10. The molecule has 4 aromatic rings. The summed E-state index contributed by atoms with van der Waals surface area (Å²) in [5.41, 5.74) is 2.22. The van der Waals surface area contributed by atoms with E-state index in [0.29, 0.717) is 6.61 Å². The SMILES string of the molecule is CCOc1ccc(-n2c(SC/C=C/c3ccccc3)nnc2-c2cccs2)cc1. The van der Waals surface area contributed by atoms with Crippen molar-refractivity contribution in [3.05, 3.63) is 83.7 Å². The molecule has 0 fully saturated rings. The predicted molar refractivity (Wildman–Crippen MR) is 122 cm³/mol. The van der Waals surface area contributed by atoms with E-state index in [-0.39, 0.29) is 0 Å². The summed E-state index contributed by atoms with van der Waals surface area (Å²) in [7, 11) is 0. The largest absolute Gasteiger partial charge is 0.494 e. The fraction of sp³-hybridized carbons (Fsp3) is 0.130. The molecule has 0 N–H and O–H groups in total. The van der Waals surface area contributed by atoms with Crippen molar-refractivity contribution in [2.75, 3.05) is 12.4 Å². The number of benzene rings is 2. The van der Waals surface area contributed by atoms with E-state index in [9.17, 15) is 0 Å². The lowest BCUT2D eigenvalue weighted by Gasteiger charge is -2.10. The normalized spacial score (nSPS) is 11.2. The topological polar surface area (TPSA) is 39.9 Å². The Morgan fingerprint density at radius 3 is 2.55 bits per heavy atom. The van der Waals surface area contributed by atoms with Crippen molar-refractivity contribution in [1.82, 2.24) is 14.8 Å². The van der Waals surface area contributed by atoms with Gasteiger partial charge < -0.3 is 4.74 Å². The summed E-state index contributed by atoms with van der Waals surface area (Å²) in [6, 6.07) is 22.5. The number of rotatable bonds is 8. The van der Waals surface area contributed by atoms with E-state index in [4.69, 9.17) is 4.74 Å². The van der Waals surface area contributed by atoms with Gasteiger partial charge in [0.15, 0.2) is 11.0 Å². The van der Waals surface area contributed by atoms with Crippen molar-refractivity contribution < 1.29 is 4.74 Å². The van der Waals surface area contributed by atoms with Crippen LogP contribution in [0, 0.1) is 0 Å². The molecule has 6 heteroatoms. The van der Waals surface area contributed by atoms with Gasteiger partial charge in [-0.15, -0.1) is 21.5 Å². The van der Waals surface area contributed by atoms with Crippen LogP contribution < -0.4 is 4.74 Å². The third kappa shape index (κ3) is 4.78. The highest BCUT2D eigenvalue weighted by atomic mass is 32.2. The molecule has 0 aliphatic carbocycles. The van der Waals surface area contributed by atoms with Crippen LogP contribution in [0.4, 0.5) is 0 Å². The summed E-state index contributed by atoms with van der Waals surface area (Å²) in [5.74, 6) is 2.54. The molecule has 4 nitrogen and oxygen atoms in total. The van der Waals surface area contributed by atoms with Gasteiger partial charge in [-0.1, -0.05) is 60.3 Å². The quantitative estimate of drug-likeness (QED) is 0.319. The summed E-state index contributed by atoms with van der Waals surface area (Å²) >= 11 is 3.33. The van der Waals surface area contributed by atoms with E-state index in [1.54, 1.807) is 23.1 Å². The van der Waals surface area contributed by atoms with Crippen molar-refractivity contribution in [1.29, 1.82) is 0 Å². The predicted octanol–water partition coefficient (Wildman–Crippen LogP) is 6.20. The Bertz CT molecular complexity index is 1060. The second-order valence-corrected chi connectivity index (χ2v) is 8.10. The number of hydrogen-bond acceptors (Lipinski definition) is 5. The van der Waals surface area contributed by atoms with Crippen LogP contribution in [0.5, 0.6) is 5.75 Å². The van der Waals surface area contributed by atoms with Crippen LogP contribution in [0.1, 0.15) is 12.5 Å². The molecule has 0 aliphatic rings. The molecule has 2 heterocycles. The Kier molecular flexibility index (Phi) is 6.44. The minimum absolute atomic E-state index is 0.654. The molecule has 0 bridgehead atoms. The zero-order valence-corrected chi connectivity index (χ0v) is 17.7. The first-order chi connectivity index (χ1) is 14.3. The molecule has 0 atom stereocenters. The highest BCUT2D eigenvalue weighted by molar-refractivity contribution is 7.99. The molecule has 0 unspecified atom stereocenters. The molecule has 0 radical (unpaired) electrons. The molecule has 2 aromatic carbocycles. The van der Waals surface area contributed by atoms with E-state index in [2.05, 4.69) is 62.6 Å². The van der Waals surface area contributed by atoms with Crippen LogP contribution in [-0.2, 0) is 0 Å². The number of ether oxygens (including phenoxy) is 1. The van der Waals surface area contributed by atoms with Crippen molar-refractivity contribution in [2.24, 2.45) is 0 Å². The number of nitrogens with zero attached hydrogens (tertiary/aromatic N) is 3. The van der Waals surface area contributed by atoms with Gasteiger partial charge in [-0.3, -0.25) is 4.57 Å². The monoisotopic (exact) mass is 419 g/mol. The molecular weight excluding hydrogens is 398 g/mol. The van der Waals surface area contributed by atoms with Crippen LogP contribution in [-0.4, -0.2) is 27.1 Å². The third-order valence-electron chi connectivity index (χ3n) is 4.20. The van der Waals surface area contributed by atoms with Gasteiger partial charge >= 0.3 is 0 Å². The molecule has 2 aromatic heterocycles. The van der Waals surface area contributed by atoms with E-state index < -0.39 is 0 Å². The lowest BCUT2D eigenvalue weighted by molar-refractivity contribution is 0.340. The van der Waals surface area contributed by atoms with E-state index >= 15 is 0 Å². The van der Waals surface area contributed by atoms with E-state index in [0.717, 1.165) is 33.0 Å². The molecule has 0 aliphatic heterocycles. The van der Waals surface area contributed by atoms with Gasteiger partial charge in [-0.2, -0.15) is 0 Å². The lowest BCUT2D eigenvalue weighted by atomic mass is 10.2. The molecule has 0 saturated carbocycles. The molecule has 4 rings (SSSR count). The first kappa shape index (κ1) is 19.5. The summed E-state index contributed by atoms with van der Waals surface area (Å²) in [5, 5.41) is 11.9. The standard InChI is InChI=1S/C23H21N3OS2/c1-2-27-20-14-12-19(13-15-20)26-22(21-11-7-16-28-21)24-25-23(26)29-17-6-10-18-8-4-3-5-9-18/h3-16H,2,17H2,1H3/b10-6+. The molecule has 0 amide bonds. The fourth-order valence-electron chi connectivity index (χ4n) is 2.89. The van der Waals surface area contributed by atoms with E-state index in [1.165, 1.54) is 5.56 Å². The van der Waals surface area contributed by atoms with Gasteiger partial charge in [0.2, 0.25) is 0 Å². The van der Waals surface area contributed by atoms with Gasteiger partial charge in [-0.25, -0.2) is 0 Å². The maximum absolute atomic E-state index is 5.58. The number of hydrogen-bond donors (Lipinski definition) is 0. The minimum atomic E-state index is 0.654. The Morgan fingerprint density at radius 2 is 1.83 bits per heavy atom. The zero-order valence-electron chi connectivity index (χ0n) is 16.1. The lowest BCUT2D eigenvalue weighted by Crippen LogP contribution is -1.99. The molecule has 0 spiro atoms. The highest BCUT2D eigenvalue weighted by Crippen LogP contribution is 2.31. The summed E-state index contributed by atoms with van der Waals surface area (Å²) < 4.78 is 7.69. The van der Waals surface area contributed by atoms with Gasteiger partial charge in [0, 0.05) is 5.75 Å². The third-order valence-corrected chi connectivity index (χ3v) is 5.95. The highest BCUT2D eigenvalue weighted by Gasteiger charge is 2.16. The molecule has 29 heavy (non-hydrogen) atoms. The van der Waals surface area contributed by atoms with Crippen molar-refractivity contribution in [3.63, 3.8) is 0 Å². The van der Waals surface area contributed by atoms with Crippen molar-refractivity contribution in [3.8, 4) is 22.1 Å². The number of thiophene rings is 1. The van der Waals surface area contributed by atoms with Crippen LogP contribution in [0.25, 0.3) is 22.5 Å². The second-order valence-electron chi connectivity index (χ2n) is 6.17.